The smallest absolute Gasteiger partial charge is 0.0945 e. The molecular weight excluding hydrogens is 234 g/mol. The third kappa shape index (κ3) is 2.56. The molecule has 2 aliphatic rings. The van der Waals surface area contributed by atoms with E-state index in [1.165, 1.54) is 32.4 Å². The van der Waals surface area contributed by atoms with E-state index in [1.807, 2.05) is 30.3 Å². The van der Waals surface area contributed by atoms with Gasteiger partial charge in [0.15, 0.2) is 0 Å². The Morgan fingerprint density at radius 3 is 2.37 bits per heavy atom. The Balaban J connectivity index is 1.71. The van der Waals surface area contributed by atoms with Crippen molar-refractivity contribution in [3.05, 3.63) is 35.9 Å². The Hall–Kier alpha value is -0.860. The zero-order chi connectivity index (χ0) is 13.2. The zero-order valence-electron chi connectivity index (χ0n) is 11.8. The molecule has 2 heteroatoms. The van der Waals surface area contributed by atoms with Gasteiger partial charge in [-0.2, -0.15) is 0 Å². The van der Waals surface area contributed by atoms with Gasteiger partial charge in [-0.15, -0.1) is 0 Å². The van der Waals surface area contributed by atoms with E-state index in [2.05, 4.69) is 11.8 Å². The van der Waals surface area contributed by atoms with E-state index < -0.39 is 0 Å². The molecule has 0 bridgehead atoms. The first-order valence-corrected chi connectivity index (χ1v) is 7.76. The molecule has 1 heterocycles. The van der Waals surface area contributed by atoms with Crippen LogP contribution < -0.4 is 0 Å². The van der Waals surface area contributed by atoms with E-state index in [0.29, 0.717) is 0 Å². The number of benzene rings is 1. The van der Waals surface area contributed by atoms with Crippen LogP contribution in [-0.4, -0.2) is 29.1 Å². The summed E-state index contributed by atoms with van der Waals surface area (Å²) in [5.74, 6) is 1.80. The Bertz CT molecular complexity index is 393. The summed E-state index contributed by atoms with van der Waals surface area (Å²) in [5.41, 5.74) is 1.06. The Kier molecular flexibility index (Phi) is 3.90. The summed E-state index contributed by atoms with van der Waals surface area (Å²) in [6, 6.07) is 10.4. The van der Waals surface area contributed by atoms with Crippen molar-refractivity contribution in [1.29, 1.82) is 0 Å². The van der Waals surface area contributed by atoms with Gasteiger partial charge < -0.3 is 5.11 Å². The van der Waals surface area contributed by atoms with Crippen molar-refractivity contribution in [3.63, 3.8) is 0 Å². The van der Waals surface area contributed by atoms with Gasteiger partial charge in [-0.25, -0.2) is 0 Å². The Morgan fingerprint density at radius 2 is 1.79 bits per heavy atom. The maximum Gasteiger partial charge on any atom is 0.0945 e. The maximum atomic E-state index is 10.7. The van der Waals surface area contributed by atoms with Crippen LogP contribution in [0.2, 0.25) is 0 Å². The lowest BCUT2D eigenvalue weighted by Gasteiger charge is -2.32. The average molecular weight is 259 g/mol. The average Bonchev–Trinajstić information content (AvgIpc) is 3.02. The van der Waals surface area contributed by atoms with Crippen LogP contribution in [0.1, 0.15) is 44.3 Å². The SMILES string of the molecule is CCC(C(O)c1ccccc1)N1CC2CCCC2C1. The highest BCUT2D eigenvalue weighted by atomic mass is 16.3. The van der Waals surface area contributed by atoms with Gasteiger partial charge in [-0.3, -0.25) is 4.90 Å². The van der Waals surface area contributed by atoms with Gasteiger partial charge in [0, 0.05) is 19.1 Å². The lowest BCUT2D eigenvalue weighted by molar-refractivity contribution is 0.0546. The molecule has 1 aliphatic carbocycles. The van der Waals surface area contributed by atoms with Crippen LogP contribution in [0.5, 0.6) is 0 Å². The van der Waals surface area contributed by atoms with Gasteiger partial charge in [0.2, 0.25) is 0 Å². The number of nitrogens with zero attached hydrogens (tertiary/aromatic N) is 1. The fourth-order valence-electron chi connectivity index (χ4n) is 4.10. The van der Waals surface area contributed by atoms with Gasteiger partial charge in [0.25, 0.3) is 0 Å². The predicted octanol–water partition coefficient (Wildman–Crippen LogP) is 3.23. The molecule has 1 aliphatic heterocycles. The van der Waals surface area contributed by atoms with Gasteiger partial charge in [0.1, 0.15) is 0 Å². The number of aliphatic hydroxyl groups excluding tert-OH is 1. The molecule has 1 aromatic carbocycles. The van der Waals surface area contributed by atoms with Crippen molar-refractivity contribution < 1.29 is 5.11 Å². The molecule has 2 nitrogen and oxygen atoms in total. The molecule has 4 atom stereocenters. The molecule has 1 N–H and O–H groups in total. The van der Waals surface area contributed by atoms with Crippen LogP contribution in [0.3, 0.4) is 0 Å². The van der Waals surface area contributed by atoms with Gasteiger partial charge in [-0.05, 0) is 36.7 Å². The molecule has 1 saturated heterocycles. The highest BCUT2D eigenvalue weighted by Crippen LogP contribution is 2.40. The molecular formula is C17H25NO. The topological polar surface area (TPSA) is 23.5 Å². The summed E-state index contributed by atoms with van der Waals surface area (Å²) >= 11 is 0. The number of hydrogen-bond acceptors (Lipinski definition) is 2. The summed E-state index contributed by atoms with van der Waals surface area (Å²) in [7, 11) is 0. The molecule has 3 rings (SSSR count). The number of fused-ring (bicyclic) bond motifs is 1. The summed E-state index contributed by atoms with van der Waals surface area (Å²) in [6.45, 7) is 4.60. The van der Waals surface area contributed by atoms with Crippen LogP contribution in [0.4, 0.5) is 0 Å². The highest BCUT2D eigenvalue weighted by Gasteiger charge is 2.40. The van der Waals surface area contributed by atoms with Gasteiger partial charge >= 0.3 is 0 Å². The van der Waals surface area contributed by atoms with Crippen molar-refractivity contribution in [1.82, 2.24) is 4.90 Å². The molecule has 1 saturated carbocycles. The lowest BCUT2D eigenvalue weighted by Crippen LogP contribution is -2.38. The minimum atomic E-state index is -0.343. The van der Waals surface area contributed by atoms with Crippen LogP contribution in [0.15, 0.2) is 30.3 Å². The van der Waals surface area contributed by atoms with Gasteiger partial charge in [-0.1, -0.05) is 43.7 Å². The van der Waals surface area contributed by atoms with E-state index in [-0.39, 0.29) is 12.1 Å². The van der Waals surface area contributed by atoms with Crippen molar-refractivity contribution in [2.45, 2.75) is 44.8 Å². The summed E-state index contributed by atoms with van der Waals surface area (Å²) in [6.07, 6.45) is 4.90. The molecule has 0 radical (unpaired) electrons. The number of hydrogen-bond donors (Lipinski definition) is 1. The van der Waals surface area contributed by atoms with E-state index in [1.54, 1.807) is 0 Å². The highest BCUT2D eigenvalue weighted by molar-refractivity contribution is 5.19. The molecule has 19 heavy (non-hydrogen) atoms. The van der Waals surface area contributed by atoms with E-state index >= 15 is 0 Å². The molecule has 0 spiro atoms. The molecule has 0 aromatic heterocycles. The monoisotopic (exact) mass is 259 g/mol. The number of likely N-dealkylation sites (tertiary alicyclic amines) is 1. The quantitative estimate of drug-likeness (QED) is 0.897. The molecule has 4 unspecified atom stereocenters. The Labute approximate surface area is 116 Å². The van der Waals surface area contributed by atoms with Crippen LogP contribution in [-0.2, 0) is 0 Å². The fraction of sp³-hybridized carbons (Fsp3) is 0.647. The minimum absolute atomic E-state index is 0.285. The first-order valence-electron chi connectivity index (χ1n) is 7.76. The third-order valence-corrected chi connectivity index (χ3v) is 5.15. The maximum absolute atomic E-state index is 10.7. The lowest BCUT2D eigenvalue weighted by atomic mass is 9.99. The largest absolute Gasteiger partial charge is 0.387 e. The van der Waals surface area contributed by atoms with Crippen molar-refractivity contribution in [2.24, 2.45) is 11.8 Å². The van der Waals surface area contributed by atoms with Crippen LogP contribution in [0.25, 0.3) is 0 Å². The van der Waals surface area contributed by atoms with Gasteiger partial charge in [0.05, 0.1) is 6.10 Å². The van der Waals surface area contributed by atoms with E-state index in [4.69, 9.17) is 0 Å². The van der Waals surface area contributed by atoms with Crippen molar-refractivity contribution in [3.8, 4) is 0 Å². The normalized spacial score (nSPS) is 30.2. The Morgan fingerprint density at radius 1 is 1.16 bits per heavy atom. The molecule has 0 amide bonds. The summed E-state index contributed by atoms with van der Waals surface area (Å²) in [4.78, 5) is 2.55. The molecule has 2 fully saturated rings. The standard InChI is InChI=1S/C17H25NO/c1-2-16(17(19)13-7-4-3-5-8-13)18-11-14-9-6-10-15(14)12-18/h3-5,7-8,14-17,19H,2,6,9-12H2,1H3. The number of rotatable bonds is 4. The second kappa shape index (κ2) is 5.64. The van der Waals surface area contributed by atoms with Crippen molar-refractivity contribution in [2.75, 3.05) is 13.1 Å². The zero-order valence-corrected chi connectivity index (χ0v) is 11.8. The summed E-state index contributed by atoms with van der Waals surface area (Å²) in [5, 5.41) is 10.7. The first kappa shape index (κ1) is 13.1. The van der Waals surface area contributed by atoms with Crippen LogP contribution >= 0.6 is 0 Å². The van der Waals surface area contributed by atoms with Crippen molar-refractivity contribution >= 4 is 0 Å². The van der Waals surface area contributed by atoms with E-state index in [0.717, 1.165) is 23.8 Å². The molecule has 104 valence electrons. The molecule has 1 aromatic rings. The minimum Gasteiger partial charge on any atom is -0.387 e. The summed E-state index contributed by atoms with van der Waals surface area (Å²) < 4.78 is 0. The van der Waals surface area contributed by atoms with Crippen LogP contribution in [0, 0.1) is 11.8 Å². The third-order valence-electron chi connectivity index (χ3n) is 5.15. The fourth-order valence-corrected chi connectivity index (χ4v) is 4.10. The first-order chi connectivity index (χ1) is 9.29. The second-order valence-electron chi connectivity index (χ2n) is 6.24. The second-order valence-corrected chi connectivity index (χ2v) is 6.24. The predicted molar refractivity (Wildman–Crippen MR) is 77.9 cm³/mol. The van der Waals surface area contributed by atoms with E-state index in [9.17, 15) is 5.11 Å². The number of aliphatic hydroxyl groups is 1.